The van der Waals surface area contributed by atoms with E-state index in [1.165, 1.54) is 0 Å². The van der Waals surface area contributed by atoms with E-state index in [1.807, 2.05) is 13.8 Å². The van der Waals surface area contributed by atoms with Crippen molar-refractivity contribution in [1.82, 2.24) is 0 Å². The van der Waals surface area contributed by atoms with Crippen LogP contribution in [0.4, 0.5) is 13.2 Å². The number of alkyl halides is 3. The molecule has 5 unspecified atom stereocenters. The third-order valence-corrected chi connectivity index (χ3v) is 3.18. The molecule has 96 valence electrons. The lowest BCUT2D eigenvalue weighted by molar-refractivity contribution is -0.246. The van der Waals surface area contributed by atoms with Crippen LogP contribution in [-0.2, 0) is 4.74 Å². The number of ether oxygens (including phenoxy) is 1. The van der Waals surface area contributed by atoms with Gasteiger partial charge in [0, 0.05) is 0 Å². The number of hydrogen-bond acceptors (Lipinski definition) is 2. The van der Waals surface area contributed by atoms with Crippen molar-refractivity contribution in [3.63, 3.8) is 0 Å². The molecule has 1 rings (SSSR count). The van der Waals surface area contributed by atoms with Crippen molar-refractivity contribution in [1.29, 1.82) is 0 Å². The van der Waals surface area contributed by atoms with Gasteiger partial charge in [-0.3, -0.25) is 0 Å². The molecule has 0 aliphatic heterocycles. The monoisotopic (exact) mass is 240 g/mol. The molecule has 2 nitrogen and oxygen atoms in total. The summed E-state index contributed by atoms with van der Waals surface area (Å²) in [6.45, 7) is 4.80. The van der Waals surface area contributed by atoms with E-state index in [9.17, 15) is 18.3 Å². The molecule has 16 heavy (non-hydrogen) atoms. The van der Waals surface area contributed by atoms with Crippen LogP contribution in [-0.4, -0.2) is 29.6 Å². The molecule has 1 aliphatic rings. The van der Waals surface area contributed by atoms with E-state index in [4.69, 9.17) is 4.74 Å². The lowest BCUT2D eigenvalue weighted by atomic mass is 9.79. The highest BCUT2D eigenvalue weighted by atomic mass is 19.4. The van der Waals surface area contributed by atoms with Crippen LogP contribution in [0.25, 0.3) is 0 Å². The fraction of sp³-hybridized carbons (Fsp3) is 1.00. The van der Waals surface area contributed by atoms with Gasteiger partial charge >= 0.3 is 6.18 Å². The fourth-order valence-electron chi connectivity index (χ4n) is 2.33. The maximum absolute atomic E-state index is 12.3. The molecule has 0 spiro atoms. The first kappa shape index (κ1) is 13.8. The Morgan fingerprint density at radius 3 is 2.25 bits per heavy atom. The molecule has 0 aromatic rings. The third-order valence-electron chi connectivity index (χ3n) is 3.18. The summed E-state index contributed by atoms with van der Waals surface area (Å²) in [5, 5.41) is 9.73. The fourth-order valence-corrected chi connectivity index (χ4v) is 2.33. The van der Waals surface area contributed by atoms with Crippen molar-refractivity contribution < 1.29 is 23.0 Å². The minimum absolute atomic E-state index is 0.0384. The van der Waals surface area contributed by atoms with Crippen LogP contribution in [0.5, 0.6) is 0 Å². The normalized spacial score (nSPS) is 38.4. The van der Waals surface area contributed by atoms with Gasteiger partial charge in [-0.15, -0.1) is 0 Å². The Morgan fingerprint density at radius 1 is 1.25 bits per heavy atom. The van der Waals surface area contributed by atoms with Crippen molar-refractivity contribution in [2.24, 2.45) is 11.8 Å². The number of hydrogen-bond donors (Lipinski definition) is 1. The van der Waals surface area contributed by atoms with Crippen molar-refractivity contribution >= 4 is 0 Å². The number of aliphatic hydroxyl groups excluding tert-OH is 1. The molecular formula is C11H19F3O2. The van der Waals surface area contributed by atoms with E-state index in [2.05, 4.69) is 0 Å². The highest BCUT2D eigenvalue weighted by molar-refractivity contribution is 4.84. The quantitative estimate of drug-likeness (QED) is 0.804. The molecule has 5 heteroatoms. The van der Waals surface area contributed by atoms with E-state index in [0.29, 0.717) is 12.3 Å². The first-order valence-electron chi connectivity index (χ1n) is 5.62. The van der Waals surface area contributed by atoms with E-state index in [1.54, 1.807) is 0 Å². The van der Waals surface area contributed by atoms with Crippen molar-refractivity contribution in [2.75, 3.05) is 0 Å². The highest BCUT2D eigenvalue weighted by Crippen LogP contribution is 2.34. The zero-order chi connectivity index (χ0) is 12.5. The van der Waals surface area contributed by atoms with Gasteiger partial charge in [-0.2, -0.15) is 13.2 Å². The summed E-state index contributed by atoms with van der Waals surface area (Å²) in [5.74, 6) is 0.301. The molecule has 5 atom stereocenters. The minimum Gasteiger partial charge on any atom is -0.390 e. The van der Waals surface area contributed by atoms with Crippen molar-refractivity contribution in [2.45, 2.75) is 58.1 Å². The summed E-state index contributed by atoms with van der Waals surface area (Å²) >= 11 is 0. The zero-order valence-corrected chi connectivity index (χ0v) is 9.79. The number of halogens is 3. The molecule has 0 bridgehead atoms. The Labute approximate surface area is 93.8 Å². The SMILES string of the molecule is CC1CC(C)C(OC(C)C(F)(F)F)C(O)C1. The Bertz CT molecular complexity index is 218. The summed E-state index contributed by atoms with van der Waals surface area (Å²) in [6.07, 6.45) is -6.35. The smallest absolute Gasteiger partial charge is 0.390 e. The van der Waals surface area contributed by atoms with Gasteiger partial charge in [0.1, 0.15) is 0 Å². The molecule has 0 saturated heterocycles. The van der Waals surface area contributed by atoms with Gasteiger partial charge in [0.25, 0.3) is 0 Å². The molecule has 0 aromatic carbocycles. The molecule has 1 fully saturated rings. The maximum atomic E-state index is 12.3. The van der Waals surface area contributed by atoms with Crippen molar-refractivity contribution in [3.8, 4) is 0 Å². The van der Waals surface area contributed by atoms with Gasteiger partial charge in [-0.1, -0.05) is 13.8 Å². The predicted molar refractivity (Wildman–Crippen MR) is 54.0 cm³/mol. The van der Waals surface area contributed by atoms with Crippen LogP contribution < -0.4 is 0 Å². The maximum Gasteiger partial charge on any atom is 0.414 e. The van der Waals surface area contributed by atoms with Gasteiger partial charge in [-0.25, -0.2) is 0 Å². The molecule has 1 N–H and O–H groups in total. The number of aliphatic hydroxyl groups is 1. The summed E-state index contributed by atoms with van der Waals surface area (Å²) in [4.78, 5) is 0. The highest BCUT2D eigenvalue weighted by Gasteiger charge is 2.42. The summed E-state index contributed by atoms with van der Waals surface area (Å²) in [7, 11) is 0. The third kappa shape index (κ3) is 3.35. The Morgan fingerprint density at radius 2 is 1.81 bits per heavy atom. The largest absolute Gasteiger partial charge is 0.414 e. The first-order chi connectivity index (χ1) is 7.21. The van der Waals surface area contributed by atoms with E-state index < -0.39 is 24.5 Å². The summed E-state index contributed by atoms with van der Waals surface area (Å²) < 4.78 is 41.9. The van der Waals surface area contributed by atoms with Gasteiger partial charge in [-0.05, 0) is 31.6 Å². The second-order valence-electron chi connectivity index (χ2n) is 4.91. The molecule has 0 aromatic heterocycles. The van der Waals surface area contributed by atoms with Gasteiger partial charge in [0.05, 0.1) is 12.2 Å². The van der Waals surface area contributed by atoms with Gasteiger partial charge in [0.2, 0.25) is 0 Å². The second-order valence-corrected chi connectivity index (χ2v) is 4.91. The molecular weight excluding hydrogens is 221 g/mol. The molecule has 1 aliphatic carbocycles. The van der Waals surface area contributed by atoms with Crippen LogP contribution in [0, 0.1) is 11.8 Å². The Kier molecular flexibility index (Phi) is 4.23. The summed E-state index contributed by atoms with van der Waals surface area (Å²) in [5.41, 5.74) is 0. The molecule has 1 saturated carbocycles. The van der Waals surface area contributed by atoms with E-state index >= 15 is 0 Å². The lowest BCUT2D eigenvalue weighted by Gasteiger charge is -2.38. The van der Waals surface area contributed by atoms with E-state index in [-0.39, 0.29) is 5.92 Å². The Balaban J connectivity index is 2.59. The number of rotatable bonds is 2. The molecule has 0 radical (unpaired) electrons. The Hall–Kier alpha value is -0.290. The zero-order valence-electron chi connectivity index (χ0n) is 9.79. The minimum atomic E-state index is -4.36. The second kappa shape index (κ2) is 4.92. The first-order valence-corrected chi connectivity index (χ1v) is 5.62. The van der Waals surface area contributed by atoms with E-state index in [0.717, 1.165) is 13.3 Å². The average molecular weight is 240 g/mol. The topological polar surface area (TPSA) is 29.5 Å². The molecule has 0 heterocycles. The lowest BCUT2D eigenvalue weighted by Crippen LogP contribution is -2.45. The van der Waals surface area contributed by atoms with Crippen molar-refractivity contribution in [3.05, 3.63) is 0 Å². The van der Waals surface area contributed by atoms with Crippen LogP contribution in [0.3, 0.4) is 0 Å². The summed E-state index contributed by atoms with van der Waals surface area (Å²) in [6, 6.07) is 0. The van der Waals surface area contributed by atoms with Gasteiger partial charge in [0.15, 0.2) is 6.10 Å². The standard InChI is InChI=1S/C11H19F3O2/c1-6-4-7(2)10(9(15)5-6)16-8(3)11(12,13)14/h6-10,15H,4-5H2,1-3H3. The molecule has 0 amide bonds. The average Bonchev–Trinajstić information content (AvgIpc) is 2.08. The van der Waals surface area contributed by atoms with Crippen LogP contribution in [0.1, 0.15) is 33.6 Å². The predicted octanol–water partition coefficient (Wildman–Crippen LogP) is 2.75. The van der Waals surface area contributed by atoms with Crippen LogP contribution in [0.2, 0.25) is 0 Å². The van der Waals surface area contributed by atoms with Crippen LogP contribution >= 0.6 is 0 Å². The van der Waals surface area contributed by atoms with Gasteiger partial charge < -0.3 is 9.84 Å². The van der Waals surface area contributed by atoms with Crippen LogP contribution in [0.15, 0.2) is 0 Å².